The fourth-order valence-electron chi connectivity index (χ4n) is 0.594. The fourth-order valence-corrected chi connectivity index (χ4v) is 0.972. The monoisotopic (exact) mass is 197 g/mol. The number of nitrogens with zero attached hydrogens (tertiary/aromatic N) is 1. The van der Waals surface area contributed by atoms with Gasteiger partial charge < -0.3 is 11.5 Å². The van der Waals surface area contributed by atoms with E-state index in [9.17, 15) is 0 Å². The minimum Gasteiger partial charge on any atom is -0.370 e. The van der Waals surface area contributed by atoms with Gasteiger partial charge in [0.05, 0.1) is 11.9 Å². The maximum atomic E-state index is 5.83. The van der Waals surface area contributed by atoms with Gasteiger partial charge in [0.2, 0.25) is 0 Å². The molecule has 1 atom stereocenters. The lowest BCUT2D eigenvalue weighted by Crippen LogP contribution is -2.24. The topological polar surface area (TPSA) is 64.4 Å². The molecule has 0 bridgehead atoms. The summed E-state index contributed by atoms with van der Waals surface area (Å²) >= 11 is 11.3. The molecule has 0 rings (SSSR count). The van der Waals surface area contributed by atoms with Gasteiger partial charge in [-0.3, -0.25) is 4.99 Å². The van der Waals surface area contributed by atoms with Crippen molar-refractivity contribution in [2.24, 2.45) is 16.5 Å². The third-order valence-electron chi connectivity index (χ3n) is 1.12. The Bertz CT molecular complexity index is 123. The van der Waals surface area contributed by atoms with Gasteiger partial charge in [0.15, 0.2) is 5.96 Å². The summed E-state index contributed by atoms with van der Waals surface area (Å²) in [6.45, 7) is 0.473. The molecule has 0 radical (unpaired) electrons. The van der Waals surface area contributed by atoms with Gasteiger partial charge in [0, 0.05) is 5.88 Å². The van der Waals surface area contributed by atoms with Crippen LogP contribution >= 0.6 is 23.2 Å². The summed E-state index contributed by atoms with van der Waals surface area (Å²) in [5, 5.41) is -0.00384. The van der Waals surface area contributed by atoms with E-state index in [-0.39, 0.29) is 11.3 Å². The molecule has 0 aromatic carbocycles. The Balaban J connectivity index is 3.36. The zero-order chi connectivity index (χ0) is 8.69. The molecule has 0 aliphatic rings. The van der Waals surface area contributed by atoms with Crippen LogP contribution in [-0.2, 0) is 0 Å². The Hall–Kier alpha value is -0.150. The first-order valence-electron chi connectivity index (χ1n) is 3.42. The molecule has 0 aromatic rings. The quantitative estimate of drug-likeness (QED) is 0.391. The van der Waals surface area contributed by atoms with Crippen LogP contribution < -0.4 is 11.5 Å². The molecule has 0 heterocycles. The fraction of sp³-hybridized carbons (Fsp3) is 0.833. The van der Waals surface area contributed by atoms with Crippen LogP contribution in [0.5, 0.6) is 0 Å². The van der Waals surface area contributed by atoms with Gasteiger partial charge in [0.1, 0.15) is 0 Å². The van der Waals surface area contributed by atoms with E-state index in [1.165, 1.54) is 0 Å². The number of alkyl halides is 2. The highest BCUT2D eigenvalue weighted by atomic mass is 35.5. The Morgan fingerprint density at radius 1 is 1.45 bits per heavy atom. The zero-order valence-corrected chi connectivity index (χ0v) is 7.78. The molecule has 0 saturated carbocycles. The van der Waals surface area contributed by atoms with Crippen molar-refractivity contribution in [1.82, 2.24) is 0 Å². The second kappa shape index (κ2) is 6.55. The lowest BCUT2D eigenvalue weighted by molar-refractivity contribution is 0.739. The molecule has 0 aromatic heterocycles. The molecule has 0 spiro atoms. The van der Waals surface area contributed by atoms with Crippen molar-refractivity contribution in [1.29, 1.82) is 0 Å². The smallest absolute Gasteiger partial charge is 0.185 e. The second-order valence-corrected chi connectivity index (χ2v) is 3.19. The molecular formula is C6H13Cl2N3. The van der Waals surface area contributed by atoms with Crippen LogP contribution in [0, 0.1) is 0 Å². The first-order valence-corrected chi connectivity index (χ1v) is 4.39. The second-order valence-electron chi connectivity index (χ2n) is 2.19. The number of hydrogen-bond acceptors (Lipinski definition) is 1. The molecule has 0 aliphatic carbocycles. The molecule has 0 aliphatic heterocycles. The lowest BCUT2D eigenvalue weighted by atomic mass is 10.2. The van der Waals surface area contributed by atoms with Gasteiger partial charge in [-0.25, -0.2) is 0 Å². The maximum absolute atomic E-state index is 5.83. The normalized spacial score (nSPS) is 12.5. The third kappa shape index (κ3) is 7.75. The van der Waals surface area contributed by atoms with E-state index in [1.54, 1.807) is 0 Å². The summed E-state index contributed by atoms with van der Waals surface area (Å²) in [6.07, 6.45) is 1.75. The van der Waals surface area contributed by atoms with E-state index in [0.29, 0.717) is 12.4 Å². The first-order chi connectivity index (χ1) is 5.16. The lowest BCUT2D eigenvalue weighted by Gasteiger charge is -2.03. The number of aliphatic imine (C=N–C) groups is 1. The van der Waals surface area contributed by atoms with Crippen LogP contribution in [0.2, 0.25) is 0 Å². The van der Waals surface area contributed by atoms with Crippen LogP contribution in [0.25, 0.3) is 0 Å². The van der Waals surface area contributed by atoms with Crippen LogP contribution in [0.15, 0.2) is 4.99 Å². The number of nitrogens with two attached hydrogens (primary N) is 2. The summed E-state index contributed by atoms with van der Waals surface area (Å²) < 4.78 is 0. The molecule has 4 N–H and O–H groups in total. The van der Waals surface area contributed by atoms with Gasteiger partial charge in [-0.05, 0) is 12.8 Å². The molecule has 11 heavy (non-hydrogen) atoms. The molecule has 1 unspecified atom stereocenters. The molecule has 66 valence electrons. The highest BCUT2D eigenvalue weighted by Gasteiger charge is 2.01. The maximum Gasteiger partial charge on any atom is 0.185 e. The van der Waals surface area contributed by atoms with Crippen molar-refractivity contribution in [3.05, 3.63) is 0 Å². The van der Waals surface area contributed by atoms with Crippen molar-refractivity contribution >= 4 is 29.2 Å². The molecule has 0 saturated heterocycles. The van der Waals surface area contributed by atoms with Crippen molar-refractivity contribution in [3.63, 3.8) is 0 Å². The van der Waals surface area contributed by atoms with E-state index in [2.05, 4.69) is 4.99 Å². The predicted octanol–water partition coefficient (Wildman–Crippen LogP) is 0.886. The van der Waals surface area contributed by atoms with Crippen molar-refractivity contribution in [2.45, 2.75) is 18.2 Å². The van der Waals surface area contributed by atoms with E-state index in [0.717, 1.165) is 12.8 Å². The highest BCUT2D eigenvalue weighted by molar-refractivity contribution is 6.21. The van der Waals surface area contributed by atoms with Crippen LogP contribution in [0.4, 0.5) is 0 Å². The Labute approximate surface area is 76.7 Å². The average Bonchev–Trinajstić information content (AvgIpc) is 1.97. The Kier molecular flexibility index (Phi) is 6.46. The van der Waals surface area contributed by atoms with Gasteiger partial charge in [-0.2, -0.15) is 0 Å². The van der Waals surface area contributed by atoms with E-state index < -0.39 is 0 Å². The van der Waals surface area contributed by atoms with Crippen molar-refractivity contribution in [2.75, 3.05) is 12.4 Å². The highest BCUT2D eigenvalue weighted by Crippen LogP contribution is 2.06. The van der Waals surface area contributed by atoms with Crippen molar-refractivity contribution in [3.8, 4) is 0 Å². The summed E-state index contributed by atoms with van der Waals surface area (Å²) in [4.78, 5) is 3.77. The SMILES string of the molecule is NC(N)=NCC(Cl)CCCCl. The molecular weight excluding hydrogens is 185 g/mol. The van der Waals surface area contributed by atoms with Gasteiger partial charge in [0.25, 0.3) is 0 Å². The van der Waals surface area contributed by atoms with Gasteiger partial charge in [-0.1, -0.05) is 0 Å². The zero-order valence-electron chi connectivity index (χ0n) is 6.26. The number of rotatable bonds is 5. The third-order valence-corrected chi connectivity index (χ3v) is 1.75. The summed E-state index contributed by atoms with van der Waals surface area (Å²) in [5.74, 6) is 0.715. The van der Waals surface area contributed by atoms with Crippen LogP contribution in [0.1, 0.15) is 12.8 Å². The molecule has 3 nitrogen and oxygen atoms in total. The summed E-state index contributed by atoms with van der Waals surface area (Å²) in [5.41, 5.74) is 10.2. The molecule has 5 heteroatoms. The number of hydrogen-bond donors (Lipinski definition) is 2. The van der Waals surface area contributed by atoms with E-state index >= 15 is 0 Å². The van der Waals surface area contributed by atoms with Crippen LogP contribution in [0.3, 0.4) is 0 Å². The predicted molar refractivity (Wildman–Crippen MR) is 50.3 cm³/mol. The minimum atomic E-state index is -0.00384. The van der Waals surface area contributed by atoms with Crippen molar-refractivity contribution < 1.29 is 0 Å². The summed E-state index contributed by atoms with van der Waals surface area (Å²) in [6, 6.07) is 0. The minimum absolute atomic E-state index is 0.00384. The average molecular weight is 198 g/mol. The molecule has 0 amide bonds. The largest absolute Gasteiger partial charge is 0.370 e. The van der Waals surface area contributed by atoms with Crippen LogP contribution in [-0.4, -0.2) is 23.8 Å². The standard InChI is InChI=1S/C6H13Cl2N3/c7-3-1-2-5(8)4-11-6(9)10/h5H,1-4H2,(H4,9,10,11). The van der Waals surface area contributed by atoms with Gasteiger partial charge >= 0.3 is 0 Å². The first kappa shape index (κ1) is 10.8. The number of guanidine groups is 1. The van der Waals surface area contributed by atoms with E-state index in [4.69, 9.17) is 34.7 Å². The Morgan fingerprint density at radius 3 is 2.55 bits per heavy atom. The number of halogens is 2. The Morgan fingerprint density at radius 2 is 2.09 bits per heavy atom. The molecule has 0 fully saturated rings. The summed E-state index contributed by atoms with van der Waals surface area (Å²) in [7, 11) is 0. The van der Waals surface area contributed by atoms with Gasteiger partial charge in [-0.15, -0.1) is 23.2 Å². The van der Waals surface area contributed by atoms with E-state index in [1.807, 2.05) is 0 Å².